The lowest BCUT2D eigenvalue weighted by atomic mass is 10.2. The number of H-pyrrole nitrogens is 3. The minimum Gasteiger partial charge on any atom is -0.394 e. The molecule has 668 valence electrons. The highest BCUT2D eigenvalue weighted by molar-refractivity contribution is 7.48. The van der Waals surface area contributed by atoms with Crippen molar-refractivity contribution in [2.45, 2.75) is 155 Å². The van der Waals surface area contributed by atoms with Gasteiger partial charge < -0.3 is 102 Å². The molecule has 15 rings (SSSR count). The Morgan fingerprint density at radius 3 is 1.18 bits per heavy atom. The third-order valence-electron chi connectivity index (χ3n) is 20.0. The number of imidazole rings is 3. The Bertz CT molecular complexity index is 6090. The predicted molar refractivity (Wildman–Crippen MR) is 402 cm³/mol. The van der Waals surface area contributed by atoms with E-state index in [-0.39, 0.29) is 75.7 Å². The van der Waals surface area contributed by atoms with Crippen molar-refractivity contribution in [2.24, 2.45) is 0 Å². The summed E-state index contributed by atoms with van der Waals surface area (Å²) in [6.45, 7) is -7.19. The van der Waals surface area contributed by atoms with Crippen LogP contribution in [-0.2, 0) is 96.5 Å². The zero-order valence-corrected chi connectivity index (χ0v) is 67.2. The van der Waals surface area contributed by atoms with Gasteiger partial charge in [-0.25, -0.2) is 62.1 Å². The van der Waals surface area contributed by atoms with Crippen LogP contribution in [0.4, 0.5) is 29.4 Å². The molecule has 9 aromatic heterocycles. The first-order chi connectivity index (χ1) is 58.2. The molecule has 59 nitrogen and oxygen atoms in total. The van der Waals surface area contributed by atoms with Crippen LogP contribution in [0.15, 0.2) is 84.8 Å². The van der Waals surface area contributed by atoms with Crippen molar-refractivity contribution in [1.82, 2.24) is 87.2 Å². The van der Waals surface area contributed by atoms with Crippen LogP contribution < -0.4 is 62.4 Å². The molecule has 123 heavy (non-hydrogen) atoms. The number of nitrogens with one attached hydrogen (secondary N) is 3. The van der Waals surface area contributed by atoms with Crippen LogP contribution in [0.25, 0.3) is 33.5 Å². The van der Waals surface area contributed by atoms with Gasteiger partial charge in [-0.2, -0.15) is 19.9 Å². The molecule has 6 aliphatic heterocycles. The zero-order valence-electron chi connectivity index (χ0n) is 62.7. The maximum Gasteiger partial charge on any atom is 0.472 e. The number of anilines is 5. The van der Waals surface area contributed by atoms with E-state index in [9.17, 15) is 96.5 Å². The molecule has 0 aromatic carbocycles. The van der Waals surface area contributed by atoms with E-state index < -0.39 is 267 Å². The van der Waals surface area contributed by atoms with E-state index in [2.05, 4.69) is 54.8 Å². The van der Waals surface area contributed by atoms with Gasteiger partial charge in [-0.15, -0.1) is 0 Å². The lowest BCUT2D eigenvalue weighted by Crippen LogP contribution is -2.35. The Hall–Kier alpha value is -9.16. The molecular formula is C59H76N23O36P5. The zero-order chi connectivity index (χ0) is 87.7. The van der Waals surface area contributed by atoms with Crippen molar-refractivity contribution in [2.75, 3.05) is 74.9 Å². The number of fused-ring (bicyclic) bond motifs is 3. The van der Waals surface area contributed by atoms with Gasteiger partial charge in [0, 0.05) is 57.1 Å². The summed E-state index contributed by atoms with van der Waals surface area (Å²) < 4.78 is 168. The summed E-state index contributed by atoms with van der Waals surface area (Å²) in [5, 5.41) is 41.4. The quantitative estimate of drug-likeness (QED) is 0.0170. The normalized spacial score (nSPS) is 29.5. The fourth-order valence-electron chi connectivity index (χ4n) is 14.3. The molecule has 0 bridgehead atoms. The average molecular weight is 1840 g/mol. The number of aromatic amines is 3. The molecule has 6 fully saturated rings. The molecule has 0 radical (unpaired) electrons. The third-order valence-corrected chi connectivity index (χ3v) is 25.1. The molecule has 9 aromatic rings. The van der Waals surface area contributed by atoms with E-state index in [4.69, 9.17) is 102 Å². The maximum atomic E-state index is 14.5. The molecule has 64 heteroatoms. The van der Waals surface area contributed by atoms with Crippen LogP contribution in [0.5, 0.6) is 0 Å². The molecule has 15 heterocycles. The Labute approximate surface area is 682 Å². The summed E-state index contributed by atoms with van der Waals surface area (Å²) in [6, 6.07) is 2.47. The van der Waals surface area contributed by atoms with Gasteiger partial charge in [-0.05, 0) is 12.1 Å². The number of phosphoric ester groups is 5. The van der Waals surface area contributed by atoms with Gasteiger partial charge in [-0.3, -0.25) is 102 Å². The second-order valence-electron chi connectivity index (χ2n) is 28.1. The van der Waals surface area contributed by atoms with E-state index in [1.807, 2.05) is 4.98 Å². The Kier molecular flexibility index (Phi) is 25.5. The van der Waals surface area contributed by atoms with Gasteiger partial charge in [-0.1, -0.05) is 0 Å². The van der Waals surface area contributed by atoms with Gasteiger partial charge in [0.1, 0.15) is 134 Å². The molecule has 6 unspecified atom stereocenters. The van der Waals surface area contributed by atoms with Crippen LogP contribution in [-0.4, -0.2) is 252 Å². The van der Waals surface area contributed by atoms with Crippen molar-refractivity contribution < 1.29 is 141 Å². The Balaban J connectivity index is 0.644. The SMILES string of the molecule is Nc1ccn([C@H]2C[C@H](OP(=O)(O)OC[C@H]3O[C@@H](n4cc(C(O)CO)c(=O)[nH]c4=O)C[C@@H]3OP(=O)(O)OC[C@H]3O[C@@H](n4cnc5c(N)ncnc54)C[C@@H]3OP(=O)(O)OC[C@H]3O[C@@H](n4cnc5c(=O)[nH]c(N)nc54)C[C@@H]3OP(=O)(O)OC[C@H]3O[C@@H](n4ccc(N)nc4=O)C[C@@H]3O)[C@@H](COP(=O)(O)O[C@H]3C[C@H](n4cnc5c(=O)[nH]c(N)nc54)O[C@@H]3CO)O2)c(=O)n1. The minimum atomic E-state index is -5.74. The van der Waals surface area contributed by atoms with Crippen LogP contribution in [0.2, 0.25) is 0 Å². The number of nitrogens with two attached hydrogens (primary N) is 5. The Morgan fingerprint density at radius 2 is 0.780 bits per heavy atom. The van der Waals surface area contributed by atoms with E-state index in [1.165, 1.54) is 44.7 Å². The molecule has 0 amide bonds. The van der Waals surface area contributed by atoms with Gasteiger partial charge >= 0.3 is 56.2 Å². The van der Waals surface area contributed by atoms with Crippen LogP contribution in [0.1, 0.15) is 87.6 Å². The number of aliphatic hydroxyl groups excluding tert-OH is 4. The number of hydrogen-bond donors (Lipinski definition) is 17. The van der Waals surface area contributed by atoms with Crippen molar-refractivity contribution in [3.05, 3.63) is 124 Å². The van der Waals surface area contributed by atoms with Crippen LogP contribution in [0.3, 0.4) is 0 Å². The number of nitrogen functional groups attached to an aromatic ring is 5. The van der Waals surface area contributed by atoms with Crippen molar-refractivity contribution >= 4 is 102 Å². The first-order valence-electron chi connectivity index (χ1n) is 36.5. The minimum absolute atomic E-state index is 0.0221. The highest BCUT2D eigenvalue weighted by Crippen LogP contribution is 2.57. The number of aromatic nitrogens is 18. The van der Waals surface area contributed by atoms with Crippen LogP contribution >= 0.6 is 39.1 Å². The van der Waals surface area contributed by atoms with E-state index in [0.717, 1.165) is 34.2 Å². The van der Waals surface area contributed by atoms with Crippen molar-refractivity contribution in [1.29, 1.82) is 0 Å². The summed E-state index contributed by atoms with van der Waals surface area (Å²) in [6.07, 6.45) is -25.0. The smallest absolute Gasteiger partial charge is 0.394 e. The van der Waals surface area contributed by atoms with E-state index >= 15 is 0 Å². The number of hydrogen-bond acceptors (Lipinski definition) is 45. The lowest BCUT2D eigenvalue weighted by molar-refractivity contribution is -0.0649. The summed E-state index contributed by atoms with van der Waals surface area (Å²) in [7, 11) is -27.7. The molecule has 22 N–H and O–H groups in total. The van der Waals surface area contributed by atoms with E-state index in [0.29, 0.717) is 4.57 Å². The lowest BCUT2D eigenvalue weighted by Gasteiger charge is -2.26. The number of ether oxygens (including phenoxy) is 6. The number of rotatable bonds is 34. The summed E-state index contributed by atoms with van der Waals surface area (Å²) >= 11 is 0. The average Bonchev–Trinajstić information content (AvgIpc) is 1.50. The first-order valence-corrected chi connectivity index (χ1v) is 43.9. The third kappa shape index (κ3) is 19.8. The molecule has 0 spiro atoms. The predicted octanol–water partition coefficient (Wildman–Crippen LogP) is -4.32. The molecule has 6 saturated heterocycles. The van der Waals surface area contributed by atoms with Gasteiger partial charge in [0.15, 0.2) is 33.8 Å². The first kappa shape index (κ1) is 88.7. The van der Waals surface area contributed by atoms with E-state index in [1.54, 1.807) is 0 Å². The second kappa shape index (κ2) is 35.3. The Morgan fingerprint density at radius 1 is 0.431 bits per heavy atom. The van der Waals surface area contributed by atoms with Crippen molar-refractivity contribution in [3.8, 4) is 0 Å². The topological polar surface area (TPSA) is 841 Å². The highest BCUT2D eigenvalue weighted by Gasteiger charge is 2.52. The molecule has 0 aliphatic carbocycles. The molecule has 24 atom stereocenters. The van der Waals surface area contributed by atoms with Gasteiger partial charge in [0.25, 0.3) is 16.7 Å². The molecule has 0 saturated carbocycles. The molecular weight excluding hydrogens is 1760 g/mol. The second-order valence-corrected chi connectivity index (χ2v) is 35.2. The van der Waals surface area contributed by atoms with Crippen molar-refractivity contribution in [3.63, 3.8) is 0 Å². The number of phosphoric acid groups is 5. The summed E-state index contributed by atoms with van der Waals surface area (Å²) in [5.74, 6) is -1.10. The van der Waals surface area contributed by atoms with Gasteiger partial charge in [0.2, 0.25) is 11.9 Å². The fraction of sp³-hybridized carbons (Fsp3) is 0.542. The maximum absolute atomic E-state index is 14.5. The number of aliphatic hydroxyl groups is 4. The summed E-state index contributed by atoms with van der Waals surface area (Å²) in [5.41, 5.74) is 22.1. The van der Waals surface area contributed by atoms with Gasteiger partial charge in [0.05, 0.1) is 76.9 Å². The monoisotopic (exact) mass is 1840 g/mol. The number of nitrogens with zero attached hydrogens (tertiary/aromatic N) is 15. The standard InChI is InChI=1S/C59H76N23O36P5/c60-37-1-3-77(57(90)70-37)39-5-24(85)32(109-39)14-103-119(93,94)117-30-10-44(82-22-69-47-51(82)73-56(64)75-54(47)89)113-36(30)18-107-123(101,102)118-29-9-42(80-20-67-45-48(62)65-19-66-49(45)80)112-35(29)17-106-122(99,100)116-28-8-41(79-11-23(25(86)12-83)52(87)76-59(79)92)111-34(28)16-105-121(97,98)115-27-7-40(78-4-2-38(61)71-58(78)91)110-33(27)15-104-120(95,96)114-26-6-43(108-31(26)13-84)81-21-68-46-50(81)72-55(63)74-53(46)88/h1-4,11,19-22,24-36,39-44,83-86H,5-10,12-18H2,(H,93,94)(H,95,96)(H,97,98)(H,99,100)(H,101,102)(H2,60,70,90)(H2,61,71,91)(H2,62,65,66)(H,76,87,92)(H3,63,72,74,88)(H3,64,73,75,89)/t24-,25?,26-,27-,28-,29-,30-,31+,32+,33+,34+,35+,36+,39+,40+,41+,42+,43+,44+/m0/s1. The fourth-order valence-corrected chi connectivity index (χ4v) is 19.1. The van der Waals surface area contributed by atoms with Crippen LogP contribution in [0, 0.1) is 0 Å². The highest BCUT2D eigenvalue weighted by atomic mass is 31.2. The largest absolute Gasteiger partial charge is 0.472 e. The molecule has 6 aliphatic rings. The summed E-state index contributed by atoms with van der Waals surface area (Å²) in [4.78, 5) is 177.